The summed E-state index contributed by atoms with van der Waals surface area (Å²) in [5.74, 6) is -0.154. The van der Waals surface area contributed by atoms with Crippen molar-refractivity contribution in [1.29, 1.82) is 0 Å². The van der Waals surface area contributed by atoms with Crippen molar-refractivity contribution in [3.63, 3.8) is 0 Å². The molecule has 0 aromatic carbocycles. The highest BCUT2D eigenvalue weighted by Gasteiger charge is 2.22. The van der Waals surface area contributed by atoms with Crippen LogP contribution >= 0.6 is 0 Å². The number of carbonyl (C=O) groups excluding carboxylic acids is 1. The Morgan fingerprint density at radius 2 is 2.24 bits per heavy atom. The molecule has 1 fully saturated rings. The standard InChI is InChI=1S/C13H25NO3/c1-2-3-9-17-13(16)10-14-8-6-4-5-7-12(14)11-15/h12,15H,2-11H2,1H3. The first-order valence-corrected chi connectivity index (χ1v) is 6.78. The molecule has 1 aliphatic rings. The second-order valence-electron chi connectivity index (χ2n) is 4.73. The van der Waals surface area contributed by atoms with Gasteiger partial charge >= 0.3 is 5.97 Å². The third kappa shape index (κ3) is 5.50. The molecule has 0 aliphatic carbocycles. The predicted molar refractivity (Wildman–Crippen MR) is 66.8 cm³/mol. The summed E-state index contributed by atoms with van der Waals surface area (Å²) in [7, 11) is 0. The first-order valence-electron chi connectivity index (χ1n) is 6.78. The zero-order valence-corrected chi connectivity index (χ0v) is 10.9. The number of likely N-dealkylation sites (tertiary alicyclic amines) is 1. The number of unbranched alkanes of at least 4 members (excludes halogenated alkanes) is 1. The summed E-state index contributed by atoms with van der Waals surface area (Å²) in [5.41, 5.74) is 0. The van der Waals surface area contributed by atoms with E-state index in [0.717, 1.165) is 38.6 Å². The lowest BCUT2D eigenvalue weighted by molar-refractivity contribution is -0.145. The van der Waals surface area contributed by atoms with Gasteiger partial charge in [-0.1, -0.05) is 26.2 Å². The molecule has 0 aromatic heterocycles. The Kier molecular flexibility index (Phi) is 7.21. The van der Waals surface area contributed by atoms with Crippen LogP contribution < -0.4 is 0 Å². The first-order chi connectivity index (χ1) is 8.27. The summed E-state index contributed by atoms with van der Waals surface area (Å²) in [6, 6.07) is 0.135. The largest absolute Gasteiger partial charge is 0.465 e. The van der Waals surface area contributed by atoms with Gasteiger partial charge in [0.05, 0.1) is 19.8 Å². The molecule has 1 heterocycles. The molecular weight excluding hydrogens is 218 g/mol. The number of esters is 1. The SMILES string of the molecule is CCCCOC(=O)CN1CCCCCC1CO. The van der Waals surface area contributed by atoms with Gasteiger partial charge in [-0.25, -0.2) is 0 Å². The van der Waals surface area contributed by atoms with E-state index in [9.17, 15) is 9.90 Å². The average molecular weight is 243 g/mol. The van der Waals surface area contributed by atoms with Gasteiger partial charge in [0.2, 0.25) is 0 Å². The predicted octanol–water partition coefficient (Wildman–Crippen LogP) is 1.57. The number of nitrogens with zero attached hydrogens (tertiary/aromatic N) is 1. The van der Waals surface area contributed by atoms with E-state index in [1.807, 2.05) is 0 Å². The van der Waals surface area contributed by atoms with E-state index < -0.39 is 0 Å². The monoisotopic (exact) mass is 243 g/mol. The lowest BCUT2D eigenvalue weighted by atomic mass is 10.1. The van der Waals surface area contributed by atoms with Crippen LogP contribution in [0, 0.1) is 0 Å². The van der Waals surface area contributed by atoms with Gasteiger partial charge in [0, 0.05) is 6.04 Å². The van der Waals surface area contributed by atoms with Crippen molar-refractivity contribution < 1.29 is 14.6 Å². The molecule has 0 saturated carbocycles. The van der Waals surface area contributed by atoms with Gasteiger partial charge in [-0.2, -0.15) is 0 Å². The first kappa shape index (κ1) is 14.5. The van der Waals surface area contributed by atoms with Gasteiger partial charge < -0.3 is 9.84 Å². The van der Waals surface area contributed by atoms with Crippen LogP contribution in [0.3, 0.4) is 0 Å². The summed E-state index contributed by atoms with van der Waals surface area (Å²) in [5, 5.41) is 9.32. The Balaban J connectivity index is 2.32. The van der Waals surface area contributed by atoms with Gasteiger partial charge in [0.15, 0.2) is 0 Å². The summed E-state index contributed by atoms with van der Waals surface area (Å²) in [6.07, 6.45) is 6.40. The number of aliphatic hydroxyl groups is 1. The Bertz CT molecular complexity index is 221. The minimum atomic E-state index is -0.154. The Labute approximate surface area is 104 Å². The number of hydrogen-bond acceptors (Lipinski definition) is 4. The second-order valence-corrected chi connectivity index (χ2v) is 4.73. The molecule has 1 unspecified atom stereocenters. The van der Waals surface area contributed by atoms with Gasteiger partial charge in [-0.3, -0.25) is 9.69 Å². The van der Waals surface area contributed by atoms with Crippen LogP contribution in [0.5, 0.6) is 0 Å². The summed E-state index contributed by atoms with van der Waals surface area (Å²) in [6.45, 7) is 3.96. The van der Waals surface area contributed by atoms with Crippen LogP contribution in [0.25, 0.3) is 0 Å². The molecule has 0 radical (unpaired) electrons. The van der Waals surface area contributed by atoms with Crippen LogP contribution in [-0.2, 0) is 9.53 Å². The minimum absolute atomic E-state index is 0.135. The minimum Gasteiger partial charge on any atom is -0.465 e. The van der Waals surface area contributed by atoms with Gasteiger partial charge in [0.1, 0.15) is 0 Å². The lowest BCUT2D eigenvalue weighted by Crippen LogP contribution is -2.41. The molecule has 0 aromatic rings. The van der Waals surface area contributed by atoms with E-state index in [1.54, 1.807) is 0 Å². The number of carbonyl (C=O) groups is 1. The van der Waals surface area contributed by atoms with Crippen molar-refractivity contribution in [2.75, 3.05) is 26.3 Å². The molecule has 1 atom stereocenters. The zero-order chi connectivity index (χ0) is 12.5. The smallest absolute Gasteiger partial charge is 0.320 e. The van der Waals surface area contributed by atoms with Crippen molar-refractivity contribution >= 4 is 5.97 Å². The lowest BCUT2D eigenvalue weighted by Gasteiger charge is -2.27. The molecule has 1 saturated heterocycles. The third-order valence-electron chi connectivity index (χ3n) is 3.30. The summed E-state index contributed by atoms with van der Waals surface area (Å²) >= 11 is 0. The topological polar surface area (TPSA) is 49.8 Å². The maximum Gasteiger partial charge on any atom is 0.320 e. The van der Waals surface area contributed by atoms with Crippen LogP contribution in [-0.4, -0.2) is 48.3 Å². The van der Waals surface area contributed by atoms with Crippen LogP contribution in [0.15, 0.2) is 0 Å². The van der Waals surface area contributed by atoms with E-state index in [-0.39, 0.29) is 18.6 Å². The molecule has 100 valence electrons. The third-order valence-corrected chi connectivity index (χ3v) is 3.30. The number of rotatable bonds is 6. The molecule has 1 N–H and O–H groups in total. The van der Waals surface area contributed by atoms with Crippen molar-refractivity contribution in [3.8, 4) is 0 Å². The van der Waals surface area contributed by atoms with Gasteiger partial charge in [-0.05, 0) is 25.8 Å². The second kappa shape index (κ2) is 8.48. The van der Waals surface area contributed by atoms with Crippen LogP contribution in [0.2, 0.25) is 0 Å². The van der Waals surface area contributed by atoms with Crippen molar-refractivity contribution in [2.45, 2.75) is 51.5 Å². The maximum atomic E-state index is 11.6. The number of aliphatic hydroxyl groups excluding tert-OH is 1. The number of ether oxygens (including phenoxy) is 1. The van der Waals surface area contributed by atoms with Crippen molar-refractivity contribution in [2.24, 2.45) is 0 Å². The molecule has 4 nitrogen and oxygen atoms in total. The zero-order valence-electron chi connectivity index (χ0n) is 10.9. The average Bonchev–Trinajstić information content (AvgIpc) is 2.54. The Hall–Kier alpha value is -0.610. The van der Waals surface area contributed by atoms with Crippen LogP contribution in [0.4, 0.5) is 0 Å². The molecule has 0 spiro atoms. The van der Waals surface area contributed by atoms with Gasteiger partial charge in [0.25, 0.3) is 0 Å². The van der Waals surface area contributed by atoms with Crippen molar-refractivity contribution in [1.82, 2.24) is 4.90 Å². The van der Waals surface area contributed by atoms with E-state index in [1.165, 1.54) is 6.42 Å². The van der Waals surface area contributed by atoms with Crippen molar-refractivity contribution in [3.05, 3.63) is 0 Å². The van der Waals surface area contributed by atoms with E-state index in [2.05, 4.69) is 11.8 Å². The van der Waals surface area contributed by atoms with E-state index in [4.69, 9.17) is 4.74 Å². The molecule has 1 rings (SSSR count). The summed E-state index contributed by atoms with van der Waals surface area (Å²) < 4.78 is 5.16. The fourth-order valence-corrected chi connectivity index (χ4v) is 2.19. The normalized spacial score (nSPS) is 22.1. The van der Waals surface area contributed by atoms with Crippen LogP contribution in [0.1, 0.15) is 45.4 Å². The van der Waals surface area contributed by atoms with E-state index >= 15 is 0 Å². The fraction of sp³-hybridized carbons (Fsp3) is 0.923. The molecule has 17 heavy (non-hydrogen) atoms. The Morgan fingerprint density at radius 1 is 1.41 bits per heavy atom. The molecule has 1 aliphatic heterocycles. The van der Waals surface area contributed by atoms with E-state index in [0.29, 0.717) is 13.2 Å². The highest BCUT2D eigenvalue weighted by Crippen LogP contribution is 2.16. The quantitative estimate of drug-likeness (QED) is 0.568. The summed E-state index contributed by atoms with van der Waals surface area (Å²) in [4.78, 5) is 13.7. The Morgan fingerprint density at radius 3 is 2.94 bits per heavy atom. The number of hydrogen-bond donors (Lipinski definition) is 1. The fourth-order valence-electron chi connectivity index (χ4n) is 2.19. The maximum absolute atomic E-state index is 11.6. The molecule has 0 amide bonds. The molecule has 4 heteroatoms. The molecular formula is C13H25NO3. The highest BCUT2D eigenvalue weighted by atomic mass is 16.5. The molecule has 0 bridgehead atoms. The highest BCUT2D eigenvalue weighted by molar-refractivity contribution is 5.71. The van der Waals surface area contributed by atoms with Gasteiger partial charge in [-0.15, -0.1) is 0 Å².